The number of anilines is 1. The van der Waals surface area contributed by atoms with E-state index in [-0.39, 0.29) is 0 Å². The second-order valence-electron chi connectivity index (χ2n) is 4.05. The SMILES string of the molecule is Cc1cc(N)ccc1SC1CCCC1. The molecular formula is C12H17NS. The lowest BCUT2D eigenvalue weighted by molar-refractivity contribution is 0.886. The Morgan fingerprint density at radius 2 is 2.00 bits per heavy atom. The van der Waals surface area contributed by atoms with Crippen LogP contribution in [0.3, 0.4) is 0 Å². The van der Waals surface area contributed by atoms with Crippen molar-refractivity contribution in [2.75, 3.05) is 5.73 Å². The van der Waals surface area contributed by atoms with Crippen molar-refractivity contribution in [3.63, 3.8) is 0 Å². The van der Waals surface area contributed by atoms with Gasteiger partial charge in [0.25, 0.3) is 0 Å². The topological polar surface area (TPSA) is 26.0 Å². The van der Waals surface area contributed by atoms with Crippen LogP contribution in [0.15, 0.2) is 23.1 Å². The molecule has 0 unspecified atom stereocenters. The molecule has 0 spiro atoms. The van der Waals surface area contributed by atoms with Gasteiger partial charge >= 0.3 is 0 Å². The molecule has 2 N–H and O–H groups in total. The van der Waals surface area contributed by atoms with Gasteiger partial charge in [-0.25, -0.2) is 0 Å². The molecule has 2 heteroatoms. The molecule has 1 aromatic carbocycles. The van der Waals surface area contributed by atoms with Crippen LogP contribution in [-0.4, -0.2) is 5.25 Å². The minimum Gasteiger partial charge on any atom is -0.399 e. The molecule has 1 aliphatic rings. The molecule has 0 aliphatic heterocycles. The highest BCUT2D eigenvalue weighted by atomic mass is 32.2. The molecule has 0 saturated heterocycles. The summed E-state index contributed by atoms with van der Waals surface area (Å²) < 4.78 is 0. The third kappa shape index (κ3) is 2.24. The summed E-state index contributed by atoms with van der Waals surface area (Å²) in [5.74, 6) is 0. The maximum Gasteiger partial charge on any atom is 0.0317 e. The standard InChI is InChI=1S/C12H17NS/c1-9-8-10(13)6-7-12(9)14-11-4-2-3-5-11/h6-8,11H,2-5,13H2,1H3. The summed E-state index contributed by atoms with van der Waals surface area (Å²) in [7, 11) is 0. The van der Waals surface area contributed by atoms with Gasteiger partial charge in [0, 0.05) is 15.8 Å². The minimum absolute atomic E-state index is 0.845. The summed E-state index contributed by atoms with van der Waals surface area (Å²) in [6.45, 7) is 2.15. The summed E-state index contributed by atoms with van der Waals surface area (Å²) >= 11 is 2.03. The number of hydrogen-bond donors (Lipinski definition) is 1. The van der Waals surface area contributed by atoms with Gasteiger partial charge in [0.1, 0.15) is 0 Å². The zero-order chi connectivity index (χ0) is 9.97. The molecule has 0 bridgehead atoms. The zero-order valence-electron chi connectivity index (χ0n) is 8.62. The Hall–Kier alpha value is -0.630. The highest BCUT2D eigenvalue weighted by Gasteiger charge is 2.16. The van der Waals surface area contributed by atoms with E-state index in [0.29, 0.717) is 0 Å². The number of nitrogen functional groups attached to an aromatic ring is 1. The second kappa shape index (κ2) is 4.26. The van der Waals surface area contributed by atoms with Gasteiger partial charge < -0.3 is 5.73 Å². The predicted molar refractivity (Wildman–Crippen MR) is 63.7 cm³/mol. The smallest absolute Gasteiger partial charge is 0.0317 e. The molecule has 0 amide bonds. The van der Waals surface area contributed by atoms with Crippen molar-refractivity contribution in [3.05, 3.63) is 23.8 Å². The Morgan fingerprint density at radius 1 is 1.29 bits per heavy atom. The van der Waals surface area contributed by atoms with Crippen LogP contribution in [0.4, 0.5) is 5.69 Å². The molecule has 1 aliphatic carbocycles. The third-order valence-electron chi connectivity index (χ3n) is 2.79. The van der Waals surface area contributed by atoms with E-state index in [4.69, 9.17) is 5.73 Å². The second-order valence-corrected chi connectivity index (χ2v) is 5.39. The molecular weight excluding hydrogens is 190 g/mol. The third-order valence-corrected chi connectivity index (χ3v) is 4.31. The minimum atomic E-state index is 0.845. The number of nitrogens with two attached hydrogens (primary N) is 1. The maximum absolute atomic E-state index is 5.73. The van der Waals surface area contributed by atoms with Crippen LogP contribution in [0.5, 0.6) is 0 Å². The average Bonchev–Trinajstić information content (AvgIpc) is 2.62. The van der Waals surface area contributed by atoms with Crippen molar-refractivity contribution >= 4 is 17.4 Å². The van der Waals surface area contributed by atoms with Crippen molar-refractivity contribution in [2.45, 2.75) is 42.8 Å². The van der Waals surface area contributed by atoms with Crippen molar-refractivity contribution in [3.8, 4) is 0 Å². The lowest BCUT2D eigenvalue weighted by Gasteiger charge is -2.11. The van der Waals surface area contributed by atoms with Crippen molar-refractivity contribution in [2.24, 2.45) is 0 Å². The van der Waals surface area contributed by atoms with Gasteiger partial charge in [-0.1, -0.05) is 12.8 Å². The molecule has 2 rings (SSSR count). The van der Waals surface area contributed by atoms with Gasteiger partial charge in [0.15, 0.2) is 0 Å². The van der Waals surface area contributed by atoms with Crippen LogP contribution < -0.4 is 5.73 Å². The van der Waals surface area contributed by atoms with E-state index in [9.17, 15) is 0 Å². The first-order valence-electron chi connectivity index (χ1n) is 5.28. The summed E-state index contributed by atoms with van der Waals surface area (Å²) in [5.41, 5.74) is 7.92. The normalized spacial score (nSPS) is 17.5. The van der Waals surface area contributed by atoms with Crippen LogP contribution in [0, 0.1) is 6.92 Å². The highest BCUT2D eigenvalue weighted by Crippen LogP contribution is 2.36. The van der Waals surface area contributed by atoms with Gasteiger partial charge in [-0.3, -0.25) is 0 Å². The first kappa shape index (κ1) is 9.91. The molecule has 0 atom stereocenters. The van der Waals surface area contributed by atoms with E-state index in [1.165, 1.54) is 36.1 Å². The summed E-state index contributed by atoms with van der Waals surface area (Å²) in [6, 6.07) is 6.23. The first-order valence-corrected chi connectivity index (χ1v) is 6.16. The average molecular weight is 207 g/mol. The van der Waals surface area contributed by atoms with Crippen molar-refractivity contribution < 1.29 is 0 Å². The molecule has 1 fully saturated rings. The summed E-state index contributed by atoms with van der Waals surface area (Å²) in [6.07, 6.45) is 5.58. The summed E-state index contributed by atoms with van der Waals surface area (Å²) in [4.78, 5) is 1.41. The molecule has 14 heavy (non-hydrogen) atoms. The fourth-order valence-electron chi connectivity index (χ4n) is 1.99. The Labute approximate surface area is 90.1 Å². The largest absolute Gasteiger partial charge is 0.399 e. The van der Waals surface area contributed by atoms with Crippen LogP contribution in [-0.2, 0) is 0 Å². The number of aryl methyl sites for hydroxylation is 1. The Morgan fingerprint density at radius 3 is 2.64 bits per heavy atom. The lowest BCUT2D eigenvalue weighted by atomic mass is 10.2. The highest BCUT2D eigenvalue weighted by molar-refractivity contribution is 8.00. The van der Waals surface area contributed by atoms with E-state index in [0.717, 1.165) is 10.9 Å². The van der Waals surface area contributed by atoms with Crippen molar-refractivity contribution in [1.29, 1.82) is 0 Å². The van der Waals surface area contributed by atoms with Gasteiger partial charge in [-0.2, -0.15) is 0 Å². The molecule has 1 nitrogen and oxygen atoms in total. The van der Waals surface area contributed by atoms with Gasteiger partial charge in [0.05, 0.1) is 0 Å². The summed E-state index contributed by atoms with van der Waals surface area (Å²) in [5, 5.41) is 0.845. The maximum atomic E-state index is 5.73. The van der Waals surface area contributed by atoms with E-state index in [2.05, 4.69) is 19.1 Å². The van der Waals surface area contributed by atoms with Crippen LogP contribution in [0.1, 0.15) is 31.2 Å². The predicted octanol–water partition coefficient (Wildman–Crippen LogP) is 3.61. The number of hydrogen-bond acceptors (Lipinski definition) is 2. The fraction of sp³-hybridized carbons (Fsp3) is 0.500. The first-order chi connectivity index (χ1) is 6.75. The molecule has 0 radical (unpaired) electrons. The fourth-order valence-corrected chi connectivity index (χ4v) is 3.31. The van der Waals surface area contributed by atoms with Gasteiger partial charge in [-0.05, 0) is 43.5 Å². The van der Waals surface area contributed by atoms with Gasteiger partial charge in [-0.15, -0.1) is 11.8 Å². The Balaban J connectivity index is 2.08. The van der Waals surface area contributed by atoms with Crippen LogP contribution >= 0.6 is 11.8 Å². The Bertz CT molecular complexity index is 316. The number of rotatable bonds is 2. The van der Waals surface area contributed by atoms with E-state index < -0.39 is 0 Å². The number of benzene rings is 1. The van der Waals surface area contributed by atoms with Crippen LogP contribution in [0.25, 0.3) is 0 Å². The molecule has 76 valence electrons. The number of thioether (sulfide) groups is 1. The van der Waals surface area contributed by atoms with Gasteiger partial charge in [0.2, 0.25) is 0 Å². The van der Waals surface area contributed by atoms with E-state index >= 15 is 0 Å². The molecule has 0 heterocycles. The lowest BCUT2D eigenvalue weighted by Crippen LogP contribution is -1.95. The molecule has 0 aromatic heterocycles. The monoisotopic (exact) mass is 207 g/mol. The van der Waals surface area contributed by atoms with Crippen molar-refractivity contribution in [1.82, 2.24) is 0 Å². The molecule has 1 saturated carbocycles. The zero-order valence-corrected chi connectivity index (χ0v) is 9.44. The Kier molecular flexibility index (Phi) is 3.02. The van der Waals surface area contributed by atoms with E-state index in [1.807, 2.05) is 17.8 Å². The van der Waals surface area contributed by atoms with Crippen LogP contribution in [0.2, 0.25) is 0 Å². The van der Waals surface area contributed by atoms with E-state index in [1.54, 1.807) is 0 Å². The molecule has 1 aromatic rings. The quantitative estimate of drug-likeness (QED) is 0.750.